The van der Waals surface area contributed by atoms with Gasteiger partial charge in [0.2, 0.25) is 0 Å². The molecule has 2 aromatic heterocycles. The summed E-state index contributed by atoms with van der Waals surface area (Å²) in [5, 5.41) is 1.10. The number of anilines is 1. The van der Waals surface area contributed by atoms with E-state index >= 15 is 0 Å². The summed E-state index contributed by atoms with van der Waals surface area (Å²) < 4.78 is 3.12. The van der Waals surface area contributed by atoms with Gasteiger partial charge in [-0.05, 0) is 45.8 Å². The molecule has 0 radical (unpaired) electrons. The van der Waals surface area contributed by atoms with Crippen LogP contribution >= 0.6 is 15.9 Å². The Morgan fingerprint density at radius 1 is 0.903 bits per heavy atom. The molecule has 3 heterocycles. The average Bonchev–Trinajstić information content (AvgIpc) is 3.18. The van der Waals surface area contributed by atoms with E-state index in [1.807, 2.05) is 59.6 Å². The van der Waals surface area contributed by atoms with Crippen molar-refractivity contribution in [1.82, 2.24) is 14.5 Å². The van der Waals surface area contributed by atoms with Gasteiger partial charge in [-0.2, -0.15) is 0 Å². The number of rotatable bonds is 4. The first kappa shape index (κ1) is 19.8. The molecule has 6 heteroatoms. The maximum atomic E-state index is 13.5. The predicted octanol–water partition coefficient (Wildman–Crippen LogP) is 4.81. The third-order valence-corrected chi connectivity index (χ3v) is 6.28. The molecule has 1 saturated heterocycles. The highest BCUT2D eigenvalue weighted by atomic mass is 79.9. The maximum Gasteiger partial charge on any atom is 0.270 e. The van der Waals surface area contributed by atoms with Gasteiger partial charge in [-0.15, -0.1) is 0 Å². The summed E-state index contributed by atoms with van der Waals surface area (Å²) in [5.74, 6) is 1.05. The number of nitrogens with zero attached hydrogens (tertiary/aromatic N) is 4. The van der Waals surface area contributed by atoms with Gasteiger partial charge in [0.15, 0.2) is 0 Å². The normalized spacial score (nSPS) is 14.2. The lowest BCUT2D eigenvalue weighted by atomic mass is 10.2. The summed E-state index contributed by atoms with van der Waals surface area (Å²) in [6.07, 6.45) is 1.81. The van der Waals surface area contributed by atoms with Crippen LogP contribution in [0.3, 0.4) is 0 Å². The second-order valence-corrected chi connectivity index (χ2v) is 8.69. The van der Waals surface area contributed by atoms with Crippen LogP contribution in [0, 0.1) is 0 Å². The lowest BCUT2D eigenvalue weighted by molar-refractivity contribution is 0.0736. The molecule has 1 aliphatic rings. The summed E-state index contributed by atoms with van der Waals surface area (Å²) in [6, 6.07) is 24.6. The van der Waals surface area contributed by atoms with Crippen LogP contribution in [-0.4, -0.2) is 46.5 Å². The van der Waals surface area contributed by atoms with E-state index in [9.17, 15) is 4.79 Å². The van der Waals surface area contributed by atoms with E-state index in [2.05, 4.69) is 54.6 Å². The number of amides is 1. The fourth-order valence-corrected chi connectivity index (χ4v) is 4.41. The Kier molecular flexibility index (Phi) is 5.47. The number of hydrogen-bond acceptors (Lipinski definition) is 3. The molecule has 0 bridgehead atoms. The standard InChI is InChI=1S/C25H23BrN4O/c26-21-10-11-24(27-17-21)28-12-14-29(15-13-28)25(31)23-16-20-8-4-5-9-22(20)30(23)18-19-6-2-1-3-7-19/h1-11,16-17H,12-15,18H2. The van der Waals surface area contributed by atoms with E-state index in [0.29, 0.717) is 19.6 Å². The number of fused-ring (bicyclic) bond motifs is 1. The molecular weight excluding hydrogens is 452 g/mol. The second-order valence-electron chi connectivity index (χ2n) is 7.77. The van der Waals surface area contributed by atoms with Gasteiger partial charge in [-0.3, -0.25) is 4.79 Å². The van der Waals surface area contributed by atoms with Gasteiger partial charge >= 0.3 is 0 Å². The molecule has 1 fully saturated rings. The van der Waals surface area contributed by atoms with Crippen LogP contribution in [0.1, 0.15) is 16.1 Å². The molecule has 0 aliphatic carbocycles. The molecule has 0 unspecified atom stereocenters. The Hall–Kier alpha value is -3.12. The van der Waals surface area contributed by atoms with E-state index in [4.69, 9.17) is 0 Å². The lowest BCUT2D eigenvalue weighted by Gasteiger charge is -2.35. The first-order valence-corrected chi connectivity index (χ1v) is 11.3. The largest absolute Gasteiger partial charge is 0.353 e. The number of carbonyl (C=O) groups excluding carboxylic acids is 1. The summed E-state index contributed by atoms with van der Waals surface area (Å²) >= 11 is 3.43. The summed E-state index contributed by atoms with van der Waals surface area (Å²) in [7, 11) is 0. The summed E-state index contributed by atoms with van der Waals surface area (Å²) in [4.78, 5) is 22.2. The van der Waals surface area contributed by atoms with Gasteiger partial charge in [0.05, 0.1) is 0 Å². The monoisotopic (exact) mass is 474 g/mol. The molecule has 2 aromatic carbocycles. The molecule has 1 aliphatic heterocycles. The molecule has 156 valence electrons. The highest BCUT2D eigenvalue weighted by Gasteiger charge is 2.26. The highest BCUT2D eigenvalue weighted by molar-refractivity contribution is 9.10. The summed E-state index contributed by atoms with van der Waals surface area (Å²) in [5.41, 5.74) is 3.02. The Labute approximate surface area is 190 Å². The van der Waals surface area contributed by atoms with Gasteiger partial charge in [-0.1, -0.05) is 48.5 Å². The number of piperazine rings is 1. The molecule has 0 N–H and O–H groups in total. The SMILES string of the molecule is O=C(c1cc2ccccc2n1Cc1ccccc1)N1CCN(c2ccc(Br)cn2)CC1. The van der Waals surface area contributed by atoms with Crippen molar-refractivity contribution in [2.75, 3.05) is 31.1 Å². The Balaban J connectivity index is 1.38. The number of aromatic nitrogens is 2. The second kappa shape index (κ2) is 8.55. The molecule has 31 heavy (non-hydrogen) atoms. The van der Waals surface area contributed by atoms with E-state index in [0.717, 1.165) is 40.0 Å². The zero-order valence-corrected chi connectivity index (χ0v) is 18.7. The van der Waals surface area contributed by atoms with Crippen molar-refractivity contribution in [3.05, 3.63) is 94.7 Å². The molecule has 1 amide bonds. The molecule has 5 nitrogen and oxygen atoms in total. The Morgan fingerprint density at radius 3 is 2.39 bits per heavy atom. The predicted molar refractivity (Wildman–Crippen MR) is 128 cm³/mol. The van der Waals surface area contributed by atoms with Crippen molar-refractivity contribution in [3.63, 3.8) is 0 Å². The summed E-state index contributed by atoms with van der Waals surface area (Å²) in [6.45, 7) is 3.60. The van der Waals surface area contributed by atoms with E-state index < -0.39 is 0 Å². The quantitative estimate of drug-likeness (QED) is 0.426. The average molecular weight is 475 g/mol. The van der Waals surface area contributed by atoms with Crippen molar-refractivity contribution in [3.8, 4) is 0 Å². The lowest BCUT2D eigenvalue weighted by Crippen LogP contribution is -2.49. The minimum absolute atomic E-state index is 0.0931. The smallest absolute Gasteiger partial charge is 0.270 e. The van der Waals surface area contributed by atoms with Crippen molar-refractivity contribution in [1.29, 1.82) is 0 Å². The van der Waals surface area contributed by atoms with Crippen molar-refractivity contribution in [2.45, 2.75) is 6.54 Å². The zero-order valence-electron chi connectivity index (χ0n) is 17.1. The van der Waals surface area contributed by atoms with Crippen LogP contribution < -0.4 is 4.90 Å². The molecular formula is C25H23BrN4O. The molecule has 0 spiro atoms. The highest BCUT2D eigenvalue weighted by Crippen LogP contribution is 2.24. The molecule has 0 saturated carbocycles. The van der Waals surface area contributed by atoms with Crippen LogP contribution in [0.5, 0.6) is 0 Å². The van der Waals surface area contributed by atoms with E-state index in [1.165, 1.54) is 5.56 Å². The van der Waals surface area contributed by atoms with Gasteiger partial charge in [-0.25, -0.2) is 4.98 Å². The first-order chi connectivity index (χ1) is 15.2. The van der Waals surface area contributed by atoms with Crippen LogP contribution in [0.4, 0.5) is 5.82 Å². The Bertz CT molecular complexity index is 1200. The first-order valence-electron chi connectivity index (χ1n) is 10.5. The van der Waals surface area contributed by atoms with Crippen molar-refractivity contribution in [2.24, 2.45) is 0 Å². The van der Waals surface area contributed by atoms with E-state index in [1.54, 1.807) is 0 Å². The zero-order chi connectivity index (χ0) is 21.2. The van der Waals surface area contributed by atoms with Crippen LogP contribution in [-0.2, 0) is 6.54 Å². The van der Waals surface area contributed by atoms with Crippen molar-refractivity contribution < 1.29 is 4.79 Å². The Morgan fingerprint density at radius 2 is 1.65 bits per heavy atom. The number of halogens is 1. The number of para-hydroxylation sites is 1. The number of hydrogen-bond donors (Lipinski definition) is 0. The van der Waals surface area contributed by atoms with Gasteiger partial charge in [0, 0.05) is 54.3 Å². The third kappa shape index (κ3) is 4.08. The van der Waals surface area contributed by atoms with Crippen LogP contribution in [0.15, 0.2) is 83.5 Å². The minimum Gasteiger partial charge on any atom is -0.353 e. The van der Waals surface area contributed by atoms with Gasteiger partial charge < -0.3 is 14.4 Å². The topological polar surface area (TPSA) is 41.4 Å². The number of carbonyl (C=O) groups is 1. The third-order valence-electron chi connectivity index (χ3n) is 5.82. The van der Waals surface area contributed by atoms with Crippen molar-refractivity contribution >= 4 is 38.6 Å². The molecule has 4 aromatic rings. The fraction of sp³-hybridized carbons (Fsp3) is 0.200. The van der Waals surface area contributed by atoms with Crippen LogP contribution in [0.2, 0.25) is 0 Å². The maximum absolute atomic E-state index is 13.5. The number of pyridine rings is 1. The molecule has 0 atom stereocenters. The molecule has 5 rings (SSSR count). The minimum atomic E-state index is 0.0931. The van der Waals surface area contributed by atoms with Gasteiger partial charge in [0.1, 0.15) is 11.5 Å². The van der Waals surface area contributed by atoms with Crippen LogP contribution in [0.25, 0.3) is 10.9 Å². The van der Waals surface area contributed by atoms with E-state index in [-0.39, 0.29) is 5.91 Å². The van der Waals surface area contributed by atoms with Gasteiger partial charge in [0.25, 0.3) is 5.91 Å². The fourth-order valence-electron chi connectivity index (χ4n) is 4.18. The number of benzene rings is 2.